The van der Waals surface area contributed by atoms with E-state index in [4.69, 9.17) is 5.73 Å². The Morgan fingerprint density at radius 1 is 1.58 bits per heavy atom. The molecule has 1 aromatic rings. The summed E-state index contributed by atoms with van der Waals surface area (Å²) >= 11 is 0. The molecule has 1 amide bonds. The Labute approximate surface area is 67.0 Å². The highest BCUT2D eigenvalue weighted by Crippen LogP contribution is 1.86. The summed E-state index contributed by atoms with van der Waals surface area (Å²) in [6.07, 6.45) is 0.497. The normalized spacial score (nSPS) is 9.33. The number of nitrogens with zero attached hydrogens (tertiary/aromatic N) is 2. The molecule has 0 radical (unpaired) electrons. The first-order valence-electron chi connectivity index (χ1n) is 3.12. The van der Waals surface area contributed by atoms with Crippen molar-refractivity contribution in [3.63, 3.8) is 0 Å². The van der Waals surface area contributed by atoms with E-state index in [0.717, 1.165) is 0 Å². The zero-order valence-corrected chi connectivity index (χ0v) is 6.07. The first-order chi connectivity index (χ1) is 5.72. The molecule has 4 N–H and O–H groups in total. The summed E-state index contributed by atoms with van der Waals surface area (Å²) in [4.78, 5) is 29.8. The number of aromatic nitrogens is 3. The Morgan fingerprint density at radius 3 is 2.92 bits per heavy atom. The van der Waals surface area contributed by atoms with Crippen LogP contribution in [0, 0.1) is 0 Å². The van der Waals surface area contributed by atoms with Gasteiger partial charge >= 0.3 is 5.69 Å². The average Bonchev–Trinajstić information content (AvgIpc) is 1.99. The van der Waals surface area contributed by atoms with Gasteiger partial charge in [-0.05, 0) is 0 Å². The molecular weight excluding hydrogens is 162 g/mol. The largest absolute Gasteiger partial charge is 0.368 e. The van der Waals surface area contributed by atoms with Gasteiger partial charge in [0.1, 0.15) is 5.82 Å². The zero-order chi connectivity index (χ0) is 8.97. The van der Waals surface area contributed by atoms with Crippen LogP contribution in [-0.4, -0.2) is 21.4 Å². The van der Waals surface area contributed by atoms with Gasteiger partial charge in [0, 0.05) is 0 Å². The third-order valence-corrected chi connectivity index (χ3v) is 1.07. The molecule has 64 valence electrons. The summed E-state index contributed by atoms with van der Waals surface area (Å²) in [5, 5.41) is 2.32. The fourth-order valence-corrected chi connectivity index (χ4v) is 0.669. The molecule has 0 bridgehead atoms. The van der Waals surface area contributed by atoms with Gasteiger partial charge < -0.3 is 11.1 Å². The molecule has 0 spiro atoms. The topological polar surface area (TPSA) is 114 Å². The van der Waals surface area contributed by atoms with E-state index in [1.807, 2.05) is 0 Å². The van der Waals surface area contributed by atoms with E-state index < -0.39 is 5.69 Å². The van der Waals surface area contributed by atoms with Gasteiger partial charge in [-0.25, -0.2) is 4.79 Å². The second-order valence-electron chi connectivity index (χ2n) is 1.96. The summed E-state index contributed by atoms with van der Waals surface area (Å²) in [5.74, 6) is 0.168. The molecule has 0 aliphatic carbocycles. The number of nitrogen functional groups attached to an aromatic ring is 1. The van der Waals surface area contributed by atoms with Gasteiger partial charge in [0.15, 0.2) is 0 Å². The molecule has 0 unspecified atom stereocenters. The molecule has 0 saturated heterocycles. The molecule has 0 atom stereocenters. The van der Waals surface area contributed by atoms with Crippen LogP contribution in [0.4, 0.5) is 5.95 Å². The zero-order valence-electron chi connectivity index (χ0n) is 6.07. The predicted molar refractivity (Wildman–Crippen MR) is 40.0 cm³/mol. The van der Waals surface area contributed by atoms with Crippen molar-refractivity contribution in [2.75, 3.05) is 5.73 Å². The molecule has 7 heteroatoms. The number of carbonyl (C=O) groups is 1. The van der Waals surface area contributed by atoms with Crippen molar-refractivity contribution in [2.45, 2.75) is 6.54 Å². The van der Waals surface area contributed by atoms with Crippen molar-refractivity contribution in [1.29, 1.82) is 0 Å². The van der Waals surface area contributed by atoms with Gasteiger partial charge in [-0.1, -0.05) is 0 Å². The van der Waals surface area contributed by atoms with Crippen LogP contribution in [0.25, 0.3) is 0 Å². The molecule has 1 rings (SSSR count). The van der Waals surface area contributed by atoms with Gasteiger partial charge in [0.25, 0.3) is 0 Å². The Balaban J connectivity index is 2.85. The Kier molecular flexibility index (Phi) is 2.36. The minimum absolute atomic E-state index is 0.110. The summed E-state index contributed by atoms with van der Waals surface area (Å²) < 4.78 is 0. The predicted octanol–water partition coefficient (Wildman–Crippen LogP) is -2.01. The molecule has 0 saturated carbocycles. The van der Waals surface area contributed by atoms with E-state index in [2.05, 4.69) is 20.3 Å². The van der Waals surface area contributed by atoms with E-state index in [0.29, 0.717) is 6.41 Å². The van der Waals surface area contributed by atoms with Crippen molar-refractivity contribution in [1.82, 2.24) is 20.3 Å². The molecule has 0 fully saturated rings. The highest BCUT2D eigenvalue weighted by atomic mass is 16.1. The van der Waals surface area contributed by atoms with Gasteiger partial charge in [-0.15, -0.1) is 0 Å². The maximum atomic E-state index is 10.7. The molecule has 7 nitrogen and oxygen atoms in total. The number of H-pyrrole nitrogens is 1. The molecule has 0 aromatic carbocycles. The Morgan fingerprint density at radius 2 is 2.33 bits per heavy atom. The van der Waals surface area contributed by atoms with E-state index in [1.165, 1.54) is 0 Å². The lowest BCUT2D eigenvalue weighted by Gasteiger charge is -1.97. The van der Waals surface area contributed by atoms with Gasteiger partial charge in [-0.3, -0.25) is 9.78 Å². The fourth-order valence-electron chi connectivity index (χ4n) is 0.669. The number of carbonyl (C=O) groups excluding carboxylic acids is 1. The molecule has 0 aliphatic rings. The molecule has 1 heterocycles. The maximum Gasteiger partial charge on any atom is 0.349 e. The van der Waals surface area contributed by atoms with Crippen LogP contribution < -0.4 is 16.7 Å². The first kappa shape index (κ1) is 8.18. The van der Waals surface area contributed by atoms with E-state index >= 15 is 0 Å². The van der Waals surface area contributed by atoms with E-state index in [9.17, 15) is 9.59 Å². The lowest BCUT2D eigenvalue weighted by atomic mass is 10.6. The molecular formula is C5H7N5O2. The Bertz CT molecular complexity index is 333. The van der Waals surface area contributed by atoms with Crippen molar-refractivity contribution < 1.29 is 4.79 Å². The van der Waals surface area contributed by atoms with E-state index in [1.54, 1.807) is 0 Å². The summed E-state index contributed by atoms with van der Waals surface area (Å²) in [6.45, 7) is 0.130. The lowest BCUT2D eigenvalue weighted by Crippen LogP contribution is -2.21. The first-order valence-corrected chi connectivity index (χ1v) is 3.12. The number of hydrogen-bond acceptors (Lipinski definition) is 5. The SMILES string of the molecule is Nc1nc(CNC=O)[nH]c(=O)n1. The molecule has 0 aliphatic heterocycles. The minimum Gasteiger partial charge on any atom is -0.368 e. The minimum atomic E-state index is -0.579. The number of amides is 1. The Hall–Kier alpha value is -1.92. The quantitative estimate of drug-likeness (QED) is 0.452. The summed E-state index contributed by atoms with van der Waals surface area (Å²) in [7, 11) is 0. The average molecular weight is 169 g/mol. The number of nitrogens with two attached hydrogens (primary N) is 1. The lowest BCUT2D eigenvalue weighted by molar-refractivity contribution is -0.109. The second-order valence-corrected chi connectivity index (χ2v) is 1.96. The number of anilines is 1. The van der Waals surface area contributed by atoms with Crippen LogP contribution in [-0.2, 0) is 11.3 Å². The fraction of sp³-hybridized carbons (Fsp3) is 0.200. The summed E-state index contributed by atoms with van der Waals surface area (Å²) in [5.41, 5.74) is 4.59. The number of hydrogen-bond donors (Lipinski definition) is 3. The van der Waals surface area contributed by atoms with Crippen molar-refractivity contribution >= 4 is 12.4 Å². The molecule has 1 aromatic heterocycles. The highest BCUT2D eigenvalue weighted by molar-refractivity contribution is 5.45. The highest BCUT2D eigenvalue weighted by Gasteiger charge is 1.97. The third-order valence-electron chi connectivity index (χ3n) is 1.07. The van der Waals surface area contributed by atoms with E-state index in [-0.39, 0.29) is 18.3 Å². The van der Waals surface area contributed by atoms with Gasteiger partial charge in [0.2, 0.25) is 12.4 Å². The summed E-state index contributed by atoms with van der Waals surface area (Å²) in [6, 6.07) is 0. The van der Waals surface area contributed by atoms with Crippen LogP contribution in [0.15, 0.2) is 4.79 Å². The standard InChI is InChI=1S/C5H7N5O2/c6-4-8-3(1-7-2-11)9-5(12)10-4/h2H,1H2,(H,7,11)(H3,6,8,9,10,12). The van der Waals surface area contributed by atoms with Crippen LogP contribution in [0.1, 0.15) is 5.82 Å². The third kappa shape index (κ3) is 2.04. The number of aromatic amines is 1. The van der Waals surface area contributed by atoms with Gasteiger partial charge in [-0.2, -0.15) is 9.97 Å². The van der Waals surface area contributed by atoms with Crippen molar-refractivity contribution in [2.24, 2.45) is 0 Å². The van der Waals surface area contributed by atoms with Crippen molar-refractivity contribution in [3.05, 3.63) is 16.3 Å². The van der Waals surface area contributed by atoms with Crippen LogP contribution in [0.2, 0.25) is 0 Å². The maximum absolute atomic E-state index is 10.7. The van der Waals surface area contributed by atoms with Crippen LogP contribution in [0.3, 0.4) is 0 Å². The molecule has 12 heavy (non-hydrogen) atoms. The smallest absolute Gasteiger partial charge is 0.349 e. The van der Waals surface area contributed by atoms with Crippen LogP contribution in [0.5, 0.6) is 0 Å². The second kappa shape index (κ2) is 3.46. The van der Waals surface area contributed by atoms with Gasteiger partial charge in [0.05, 0.1) is 6.54 Å². The van der Waals surface area contributed by atoms with Crippen LogP contribution >= 0.6 is 0 Å². The monoisotopic (exact) mass is 169 g/mol. The van der Waals surface area contributed by atoms with Crippen molar-refractivity contribution in [3.8, 4) is 0 Å². The number of nitrogens with one attached hydrogen (secondary N) is 2. The number of rotatable bonds is 3.